The summed E-state index contributed by atoms with van der Waals surface area (Å²) in [6.07, 6.45) is 26.3. The van der Waals surface area contributed by atoms with Crippen molar-refractivity contribution in [3.05, 3.63) is 60.2 Å². The van der Waals surface area contributed by atoms with Crippen LogP contribution in [0.4, 0.5) is 0 Å². The minimum absolute atomic E-state index is 0.129. The molecular formula is C27H40O3. The van der Waals surface area contributed by atoms with E-state index in [-0.39, 0.29) is 11.7 Å². The van der Waals surface area contributed by atoms with E-state index in [0.29, 0.717) is 13.0 Å². The average Bonchev–Trinajstić information content (AvgIpc) is 2.75. The number of hydrogen-bond donors (Lipinski definition) is 1. The maximum atomic E-state index is 11.7. The number of phenols is 1. The molecular weight excluding hydrogens is 372 g/mol. The molecule has 0 aliphatic rings. The molecule has 0 unspecified atom stereocenters. The molecule has 30 heavy (non-hydrogen) atoms. The molecule has 0 spiro atoms. The Morgan fingerprint density at radius 2 is 1.47 bits per heavy atom. The van der Waals surface area contributed by atoms with Gasteiger partial charge >= 0.3 is 5.97 Å². The number of phenolic OH excluding ortho intramolecular Hbond substituents is 1. The molecule has 0 aliphatic carbocycles. The molecule has 1 N–H and O–H groups in total. The second kappa shape index (κ2) is 18.7. The van der Waals surface area contributed by atoms with Gasteiger partial charge in [0.2, 0.25) is 0 Å². The van der Waals surface area contributed by atoms with Crippen molar-refractivity contribution in [3.63, 3.8) is 0 Å². The Kier molecular flexibility index (Phi) is 16.1. The highest BCUT2D eigenvalue weighted by Gasteiger charge is 2.01. The van der Waals surface area contributed by atoms with E-state index in [1.54, 1.807) is 12.1 Å². The Bertz CT molecular complexity index is 626. The van der Waals surface area contributed by atoms with E-state index in [1.165, 1.54) is 44.9 Å². The summed E-state index contributed by atoms with van der Waals surface area (Å²) in [5, 5.41) is 9.23. The van der Waals surface area contributed by atoms with Crippen LogP contribution in [0.25, 0.3) is 6.08 Å². The smallest absolute Gasteiger partial charge is 0.306 e. The number of rotatable bonds is 17. The lowest BCUT2D eigenvalue weighted by molar-refractivity contribution is -0.142. The molecule has 0 saturated heterocycles. The molecule has 1 aromatic rings. The van der Waals surface area contributed by atoms with Crippen LogP contribution in [0.1, 0.15) is 89.5 Å². The van der Waals surface area contributed by atoms with E-state index < -0.39 is 0 Å². The summed E-state index contributed by atoms with van der Waals surface area (Å²) in [5.74, 6) is 0.118. The van der Waals surface area contributed by atoms with Gasteiger partial charge in [-0.05, 0) is 62.3 Å². The van der Waals surface area contributed by atoms with Crippen molar-refractivity contribution in [2.24, 2.45) is 0 Å². The number of ether oxygens (including phenoxy) is 1. The highest BCUT2D eigenvalue weighted by molar-refractivity contribution is 5.69. The van der Waals surface area contributed by atoms with Crippen LogP contribution < -0.4 is 0 Å². The Morgan fingerprint density at radius 3 is 2.17 bits per heavy atom. The molecule has 0 radical (unpaired) electrons. The number of carbonyl (C=O) groups is 1. The molecule has 0 aromatic heterocycles. The molecule has 3 nitrogen and oxygen atoms in total. The molecule has 0 aliphatic heterocycles. The molecule has 166 valence electrons. The number of unbranched alkanes of at least 4 members (excludes halogenated alkanes) is 8. The zero-order chi connectivity index (χ0) is 21.7. The zero-order valence-corrected chi connectivity index (χ0v) is 18.7. The average molecular weight is 413 g/mol. The van der Waals surface area contributed by atoms with Crippen LogP contribution in [0.15, 0.2) is 54.6 Å². The Hall–Kier alpha value is -2.29. The summed E-state index contributed by atoms with van der Waals surface area (Å²) in [7, 11) is 0. The first kappa shape index (κ1) is 25.7. The number of benzene rings is 1. The van der Waals surface area contributed by atoms with Crippen LogP contribution in [-0.4, -0.2) is 17.7 Å². The first-order valence-electron chi connectivity index (χ1n) is 11.6. The summed E-state index contributed by atoms with van der Waals surface area (Å²) >= 11 is 0. The van der Waals surface area contributed by atoms with Gasteiger partial charge in [0.25, 0.3) is 0 Å². The van der Waals surface area contributed by atoms with Gasteiger partial charge in [-0.15, -0.1) is 0 Å². The van der Waals surface area contributed by atoms with Crippen LogP contribution >= 0.6 is 0 Å². The summed E-state index contributed by atoms with van der Waals surface area (Å²) in [5.41, 5.74) is 0.970. The Balaban J connectivity index is 1.89. The van der Waals surface area contributed by atoms with Crippen molar-refractivity contribution in [1.82, 2.24) is 0 Å². The minimum Gasteiger partial charge on any atom is -0.508 e. The molecule has 0 amide bonds. The SMILES string of the molecule is CCCCCC=CCC=CCCCCCCCC(=O)OCC=Cc1ccc(O)cc1. The van der Waals surface area contributed by atoms with Crippen molar-refractivity contribution >= 4 is 12.0 Å². The fourth-order valence-corrected chi connectivity index (χ4v) is 3.06. The predicted molar refractivity (Wildman–Crippen MR) is 127 cm³/mol. The van der Waals surface area contributed by atoms with Crippen molar-refractivity contribution in [2.45, 2.75) is 84.0 Å². The second-order valence-electron chi connectivity index (χ2n) is 7.66. The van der Waals surface area contributed by atoms with Crippen molar-refractivity contribution in [3.8, 4) is 5.75 Å². The van der Waals surface area contributed by atoms with Gasteiger partial charge in [0, 0.05) is 6.42 Å². The summed E-state index contributed by atoms with van der Waals surface area (Å²) in [6.45, 7) is 2.53. The number of esters is 1. The predicted octanol–water partition coefficient (Wildman–Crippen LogP) is 7.76. The summed E-state index contributed by atoms with van der Waals surface area (Å²) < 4.78 is 5.22. The maximum absolute atomic E-state index is 11.7. The van der Waals surface area contributed by atoms with Gasteiger partial charge in [-0.2, -0.15) is 0 Å². The molecule has 1 rings (SSSR count). The topological polar surface area (TPSA) is 46.5 Å². The monoisotopic (exact) mass is 412 g/mol. The third-order valence-electron chi connectivity index (χ3n) is 4.88. The summed E-state index contributed by atoms with van der Waals surface area (Å²) in [4.78, 5) is 11.7. The van der Waals surface area contributed by atoms with Gasteiger partial charge in [-0.3, -0.25) is 4.79 Å². The van der Waals surface area contributed by atoms with Gasteiger partial charge in [0.15, 0.2) is 0 Å². The fraction of sp³-hybridized carbons (Fsp3) is 0.519. The highest BCUT2D eigenvalue weighted by atomic mass is 16.5. The van der Waals surface area contributed by atoms with E-state index in [4.69, 9.17) is 4.74 Å². The zero-order valence-electron chi connectivity index (χ0n) is 18.7. The number of hydrogen-bond acceptors (Lipinski definition) is 3. The third kappa shape index (κ3) is 15.6. The van der Waals surface area contributed by atoms with Gasteiger partial charge < -0.3 is 9.84 Å². The largest absolute Gasteiger partial charge is 0.508 e. The molecule has 0 atom stereocenters. The molecule has 0 bridgehead atoms. The standard InChI is InChI=1S/C27H40O3/c1-2-3-4-5-6-7-8-9-10-11-12-13-14-15-16-19-27(29)30-24-17-18-25-20-22-26(28)23-21-25/h6-7,9-10,17-18,20-23,28H,2-5,8,11-16,19,24H2,1H3. The number of aromatic hydroxyl groups is 1. The number of allylic oxidation sites excluding steroid dienone is 4. The summed E-state index contributed by atoms with van der Waals surface area (Å²) in [6, 6.07) is 6.90. The first-order chi connectivity index (χ1) is 14.7. The normalized spacial score (nSPS) is 11.8. The maximum Gasteiger partial charge on any atom is 0.306 e. The molecule has 0 saturated carbocycles. The lowest BCUT2D eigenvalue weighted by atomic mass is 10.1. The van der Waals surface area contributed by atoms with Crippen LogP contribution in [-0.2, 0) is 9.53 Å². The van der Waals surface area contributed by atoms with Gasteiger partial charge in [-0.25, -0.2) is 0 Å². The van der Waals surface area contributed by atoms with Crippen molar-refractivity contribution in [1.29, 1.82) is 0 Å². The van der Waals surface area contributed by atoms with E-state index in [1.807, 2.05) is 24.3 Å². The molecule has 0 fully saturated rings. The lowest BCUT2D eigenvalue weighted by Gasteiger charge is -2.02. The third-order valence-corrected chi connectivity index (χ3v) is 4.88. The van der Waals surface area contributed by atoms with E-state index in [9.17, 15) is 9.90 Å². The van der Waals surface area contributed by atoms with E-state index in [2.05, 4.69) is 31.2 Å². The molecule has 3 heteroatoms. The number of carbonyl (C=O) groups excluding carboxylic acids is 1. The van der Waals surface area contributed by atoms with Gasteiger partial charge in [-0.1, -0.05) is 81.5 Å². The Labute approximate surface area is 183 Å². The van der Waals surface area contributed by atoms with Gasteiger partial charge in [0.1, 0.15) is 12.4 Å². The molecule has 1 aromatic carbocycles. The van der Waals surface area contributed by atoms with Crippen molar-refractivity contribution in [2.75, 3.05) is 6.61 Å². The lowest BCUT2D eigenvalue weighted by Crippen LogP contribution is -2.03. The second-order valence-corrected chi connectivity index (χ2v) is 7.66. The van der Waals surface area contributed by atoms with E-state index >= 15 is 0 Å². The fourth-order valence-electron chi connectivity index (χ4n) is 3.06. The Morgan fingerprint density at radius 1 is 0.833 bits per heavy atom. The van der Waals surface area contributed by atoms with Crippen LogP contribution in [0.2, 0.25) is 0 Å². The van der Waals surface area contributed by atoms with Crippen molar-refractivity contribution < 1.29 is 14.6 Å². The highest BCUT2D eigenvalue weighted by Crippen LogP contribution is 2.11. The quantitative estimate of drug-likeness (QED) is 0.161. The van der Waals surface area contributed by atoms with Crippen LogP contribution in [0, 0.1) is 0 Å². The van der Waals surface area contributed by atoms with Crippen LogP contribution in [0.3, 0.4) is 0 Å². The minimum atomic E-state index is -0.129. The van der Waals surface area contributed by atoms with Gasteiger partial charge in [0.05, 0.1) is 0 Å². The van der Waals surface area contributed by atoms with Crippen LogP contribution in [0.5, 0.6) is 5.75 Å². The molecule has 0 heterocycles. The first-order valence-corrected chi connectivity index (χ1v) is 11.6. The van der Waals surface area contributed by atoms with E-state index in [0.717, 1.165) is 31.2 Å².